The summed E-state index contributed by atoms with van der Waals surface area (Å²) in [5.41, 5.74) is 3.84. The molecule has 22 heavy (non-hydrogen) atoms. The maximum Gasteiger partial charge on any atom is 0.231 e. The Hall–Kier alpha value is -3.02. The topological polar surface area (TPSA) is 67.0 Å². The van der Waals surface area contributed by atoms with Gasteiger partial charge in [0.05, 0.1) is 6.42 Å². The Labute approximate surface area is 126 Å². The van der Waals surface area contributed by atoms with Crippen LogP contribution in [0.5, 0.6) is 0 Å². The minimum absolute atomic E-state index is 0.0656. The van der Waals surface area contributed by atoms with Gasteiger partial charge in [-0.2, -0.15) is 0 Å². The van der Waals surface area contributed by atoms with Gasteiger partial charge in [-0.15, -0.1) is 4.91 Å². The molecule has 1 aliphatic heterocycles. The Balaban J connectivity index is 1.92. The Morgan fingerprint density at radius 3 is 2.91 bits per heavy atom. The molecule has 3 aromatic rings. The van der Waals surface area contributed by atoms with Gasteiger partial charge in [0.1, 0.15) is 11.3 Å². The molecule has 0 fully saturated rings. The van der Waals surface area contributed by atoms with Crippen LogP contribution in [0, 0.1) is 4.91 Å². The zero-order chi connectivity index (χ0) is 15.3. The summed E-state index contributed by atoms with van der Waals surface area (Å²) in [4.78, 5) is 29.1. The molecule has 0 atom stereocenters. The van der Waals surface area contributed by atoms with E-state index in [0.717, 1.165) is 16.8 Å². The number of fused-ring (bicyclic) bond motifs is 2. The van der Waals surface area contributed by atoms with Gasteiger partial charge < -0.3 is 4.90 Å². The van der Waals surface area contributed by atoms with E-state index in [9.17, 15) is 9.70 Å². The number of hydrogen-bond acceptors (Lipinski definition) is 4. The first-order chi connectivity index (χ1) is 10.7. The predicted octanol–water partition coefficient (Wildman–Crippen LogP) is 2.92. The fourth-order valence-corrected chi connectivity index (χ4v) is 2.88. The third-order valence-corrected chi connectivity index (χ3v) is 4.02. The van der Waals surface area contributed by atoms with Crippen LogP contribution in [-0.2, 0) is 11.2 Å². The molecule has 0 saturated carbocycles. The molecule has 0 radical (unpaired) electrons. The van der Waals surface area contributed by atoms with Gasteiger partial charge in [-0.1, -0.05) is 12.1 Å². The summed E-state index contributed by atoms with van der Waals surface area (Å²) in [6, 6.07) is 11.2. The summed E-state index contributed by atoms with van der Waals surface area (Å²) in [5, 5.41) is 3.13. The Kier molecular flexibility index (Phi) is 2.59. The van der Waals surface area contributed by atoms with Gasteiger partial charge in [-0.05, 0) is 35.0 Å². The van der Waals surface area contributed by atoms with Crippen molar-refractivity contribution in [2.75, 3.05) is 11.9 Å². The average Bonchev–Trinajstić information content (AvgIpc) is 3.05. The second-order valence-corrected chi connectivity index (χ2v) is 5.28. The van der Waals surface area contributed by atoms with Crippen LogP contribution in [0.3, 0.4) is 0 Å². The molecule has 0 aliphatic carbocycles. The van der Waals surface area contributed by atoms with E-state index >= 15 is 0 Å². The van der Waals surface area contributed by atoms with Gasteiger partial charge in [0.15, 0.2) is 0 Å². The highest BCUT2D eigenvalue weighted by Crippen LogP contribution is 2.35. The molecule has 0 N–H and O–H groups in total. The molecule has 6 nitrogen and oxygen atoms in total. The molecule has 4 rings (SSSR count). The minimum atomic E-state index is 0.0656. The van der Waals surface area contributed by atoms with Crippen molar-refractivity contribution in [1.29, 1.82) is 0 Å². The lowest BCUT2D eigenvalue weighted by Gasteiger charge is -2.10. The number of pyridine rings is 1. The molecule has 2 aromatic heterocycles. The quantitative estimate of drug-likeness (QED) is 0.682. The van der Waals surface area contributed by atoms with Crippen LogP contribution < -0.4 is 4.90 Å². The minimum Gasteiger partial charge on any atom is -0.315 e. The number of likely N-dealkylation sites (N-methyl/N-ethyl adjacent to an activating group) is 1. The number of carbonyl (C=O) groups is 1. The van der Waals surface area contributed by atoms with E-state index in [-0.39, 0.29) is 11.7 Å². The first-order valence-electron chi connectivity index (χ1n) is 6.89. The first kappa shape index (κ1) is 12.7. The first-order valence-corrected chi connectivity index (χ1v) is 6.89. The van der Waals surface area contributed by atoms with Crippen LogP contribution in [0.2, 0.25) is 0 Å². The van der Waals surface area contributed by atoms with Crippen LogP contribution in [0.25, 0.3) is 16.9 Å². The number of anilines is 1. The largest absolute Gasteiger partial charge is 0.315 e. The molecular weight excluding hydrogens is 280 g/mol. The monoisotopic (exact) mass is 292 g/mol. The molecule has 0 spiro atoms. The number of nitroso groups, excluding NO2 is 1. The second-order valence-electron chi connectivity index (χ2n) is 5.28. The summed E-state index contributed by atoms with van der Waals surface area (Å²) in [7, 11) is 1.76. The summed E-state index contributed by atoms with van der Waals surface area (Å²) < 4.78 is 1.66. The molecule has 6 heteroatoms. The van der Waals surface area contributed by atoms with Crippen LogP contribution in [-0.4, -0.2) is 22.3 Å². The number of carbonyl (C=O) groups excluding carboxylic acids is 1. The highest BCUT2D eigenvalue weighted by molar-refractivity contribution is 6.01. The highest BCUT2D eigenvalue weighted by Gasteiger charge is 2.25. The van der Waals surface area contributed by atoms with E-state index in [2.05, 4.69) is 10.2 Å². The number of benzene rings is 1. The lowest BCUT2D eigenvalue weighted by atomic mass is 10.1. The number of amides is 1. The standard InChI is InChI=1S/C16H12N4O2/c1-19-12-6-5-10(8-11(12)9-14(19)21)15-16(18-22)20-7-3-2-4-13(20)17-15/h2-8H,9H2,1H3. The van der Waals surface area contributed by atoms with Crippen LogP contribution in [0.4, 0.5) is 11.5 Å². The Morgan fingerprint density at radius 1 is 1.23 bits per heavy atom. The van der Waals surface area contributed by atoms with E-state index in [0.29, 0.717) is 17.8 Å². The molecule has 108 valence electrons. The highest BCUT2D eigenvalue weighted by atomic mass is 16.3. The number of nitrogens with zero attached hydrogens (tertiary/aromatic N) is 4. The van der Waals surface area contributed by atoms with Gasteiger partial charge in [-0.3, -0.25) is 9.20 Å². The van der Waals surface area contributed by atoms with Crippen molar-refractivity contribution in [2.24, 2.45) is 5.18 Å². The average molecular weight is 292 g/mol. The van der Waals surface area contributed by atoms with Crippen molar-refractivity contribution in [2.45, 2.75) is 6.42 Å². The molecule has 1 aliphatic rings. The zero-order valence-corrected chi connectivity index (χ0v) is 11.9. The lowest BCUT2D eigenvalue weighted by Crippen LogP contribution is -2.20. The molecule has 0 unspecified atom stereocenters. The summed E-state index contributed by atoms with van der Waals surface area (Å²) >= 11 is 0. The van der Waals surface area contributed by atoms with Crippen LogP contribution in [0.1, 0.15) is 5.56 Å². The number of hydrogen-bond donors (Lipinski definition) is 0. The molecule has 1 aromatic carbocycles. The fourth-order valence-electron chi connectivity index (χ4n) is 2.88. The number of aromatic nitrogens is 2. The van der Waals surface area contributed by atoms with Gasteiger partial charge in [0.25, 0.3) is 0 Å². The van der Waals surface area contributed by atoms with Gasteiger partial charge in [0.2, 0.25) is 11.7 Å². The van der Waals surface area contributed by atoms with E-state index in [1.165, 1.54) is 0 Å². The smallest absolute Gasteiger partial charge is 0.231 e. The predicted molar refractivity (Wildman–Crippen MR) is 83.2 cm³/mol. The third kappa shape index (κ3) is 1.67. The van der Waals surface area contributed by atoms with Crippen molar-refractivity contribution in [3.8, 4) is 11.3 Å². The fraction of sp³-hybridized carbons (Fsp3) is 0.125. The van der Waals surface area contributed by atoms with Crippen molar-refractivity contribution >= 4 is 23.1 Å². The zero-order valence-electron chi connectivity index (χ0n) is 11.9. The normalized spacial score (nSPS) is 13.7. The van der Waals surface area contributed by atoms with Crippen molar-refractivity contribution in [3.05, 3.63) is 53.1 Å². The Morgan fingerprint density at radius 2 is 2.09 bits per heavy atom. The maximum atomic E-state index is 11.8. The molecule has 3 heterocycles. The maximum absolute atomic E-state index is 11.8. The second kappa shape index (κ2) is 4.49. The third-order valence-electron chi connectivity index (χ3n) is 4.02. The van der Waals surface area contributed by atoms with Gasteiger partial charge >= 0.3 is 0 Å². The van der Waals surface area contributed by atoms with Gasteiger partial charge in [0, 0.05) is 24.5 Å². The summed E-state index contributed by atoms with van der Waals surface area (Å²) in [6.45, 7) is 0. The molecule has 1 amide bonds. The number of rotatable bonds is 2. The van der Waals surface area contributed by atoms with Crippen LogP contribution in [0.15, 0.2) is 47.8 Å². The SMILES string of the molecule is CN1C(=O)Cc2cc(-c3nc4ccccn4c3N=O)ccc21. The molecular formula is C16H12N4O2. The lowest BCUT2D eigenvalue weighted by molar-refractivity contribution is -0.117. The Bertz CT molecular complexity index is 929. The van der Waals surface area contributed by atoms with E-state index < -0.39 is 0 Å². The van der Waals surface area contributed by atoms with E-state index in [1.807, 2.05) is 36.4 Å². The van der Waals surface area contributed by atoms with E-state index in [4.69, 9.17) is 0 Å². The molecule has 0 bridgehead atoms. The number of imidazole rings is 1. The van der Waals surface area contributed by atoms with Crippen molar-refractivity contribution in [3.63, 3.8) is 0 Å². The van der Waals surface area contributed by atoms with E-state index in [1.54, 1.807) is 22.5 Å². The van der Waals surface area contributed by atoms with Gasteiger partial charge in [-0.25, -0.2) is 4.98 Å². The summed E-state index contributed by atoms with van der Waals surface area (Å²) in [5.74, 6) is 0.337. The summed E-state index contributed by atoms with van der Waals surface area (Å²) in [6.07, 6.45) is 2.13. The van der Waals surface area contributed by atoms with Crippen molar-refractivity contribution in [1.82, 2.24) is 9.38 Å². The molecule has 0 saturated heterocycles. The van der Waals surface area contributed by atoms with Crippen LogP contribution >= 0.6 is 0 Å². The van der Waals surface area contributed by atoms with Crippen molar-refractivity contribution < 1.29 is 4.79 Å².